The molecule has 3 aromatic heterocycles. The third-order valence-corrected chi connectivity index (χ3v) is 29.7. The number of halogens is 6. The number of nitrogens with zero attached hydrogens (tertiary/aromatic N) is 6. The maximum absolute atomic E-state index is 16.1. The van der Waals surface area contributed by atoms with Gasteiger partial charge in [0.05, 0.1) is 98.9 Å². The van der Waals surface area contributed by atoms with Gasteiger partial charge in [-0.3, -0.25) is 24.0 Å². The quantitative estimate of drug-likeness (QED) is 0.0672. The van der Waals surface area contributed by atoms with E-state index in [0.29, 0.717) is 120 Å². The molecule has 7 fully saturated rings. The molecule has 6 aliphatic heterocycles. The van der Waals surface area contributed by atoms with Crippen molar-refractivity contribution in [2.24, 2.45) is 75.4 Å². The average molecular weight is 1990 g/mol. The number of nitrogens with one attached hydrogen (secondary N) is 1. The number of benzene rings is 3. The Morgan fingerprint density at radius 1 is 0.459 bits per heavy atom. The molecule has 0 spiro atoms. The summed E-state index contributed by atoms with van der Waals surface area (Å²) in [5.41, 5.74) is -2.98. The number of aromatic nitrogens is 3. The Hall–Kier alpha value is -8.35. The van der Waals surface area contributed by atoms with Gasteiger partial charge in [-0.2, -0.15) is 0 Å². The molecule has 4 aliphatic carbocycles. The summed E-state index contributed by atoms with van der Waals surface area (Å²) in [6.45, 7) is 25.6. The summed E-state index contributed by atoms with van der Waals surface area (Å²) in [7, 11) is 4.54. The Bertz CT molecular complexity index is 5350. The molecule has 6 bridgehead atoms. The van der Waals surface area contributed by atoms with Gasteiger partial charge in [0, 0.05) is 121 Å². The second-order valence-electron chi connectivity index (χ2n) is 42.0. The van der Waals surface area contributed by atoms with Crippen LogP contribution in [-0.2, 0) is 126 Å². The van der Waals surface area contributed by atoms with Crippen molar-refractivity contribution >= 4 is 87.3 Å². The number of amides is 4. The van der Waals surface area contributed by atoms with E-state index in [-0.39, 0.29) is 172 Å². The van der Waals surface area contributed by atoms with Gasteiger partial charge in [0.1, 0.15) is 58.9 Å². The summed E-state index contributed by atoms with van der Waals surface area (Å²) in [6, 6.07) is 15.4. The van der Waals surface area contributed by atoms with Crippen molar-refractivity contribution < 1.29 is 168 Å². The van der Waals surface area contributed by atoms with Crippen molar-refractivity contribution in [3.8, 4) is 34.9 Å². The number of hydrogen-bond acceptors (Lipinski definition) is 21. The number of carbonyl (C=O) groups is 6. The van der Waals surface area contributed by atoms with Crippen molar-refractivity contribution in [3.05, 3.63) is 89.5 Å². The molecule has 6 aromatic rings. The van der Waals surface area contributed by atoms with Crippen LogP contribution in [-0.4, -0.2) is 185 Å². The molecule has 20 atom stereocenters. The van der Waals surface area contributed by atoms with Crippen LogP contribution in [0.5, 0.6) is 34.9 Å². The smallest absolute Gasteiger partial charge is 0.408 e. The van der Waals surface area contributed by atoms with Crippen LogP contribution in [0.2, 0.25) is 0 Å². The molecule has 733 valence electrons. The number of ether oxygens (including phenoxy) is 9. The fourth-order valence-corrected chi connectivity index (χ4v) is 21.0. The van der Waals surface area contributed by atoms with E-state index in [2.05, 4.69) is 20.3 Å². The summed E-state index contributed by atoms with van der Waals surface area (Å²) in [5, 5.41) is 4.36. The minimum atomic E-state index is -3.25. The first kappa shape index (κ1) is 107. The van der Waals surface area contributed by atoms with Crippen molar-refractivity contribution in [1.29, 1.82) is 0 Å². The molecule has 1 N–H and O–H groups in total. The van der Waals surface area contributed by atoms with E-state index in [1.54, 1.807) is 68.4 Å². The molecule has 4 amide bonds. The van der Waals surface area contributed by atoms with Gasteiger partial charge in [-0.25, -0.2) is 64.9 Å². The van der Waals surface area contributed by atoms with Crippen molar-refractivity contribution in [2.75, 3.05) is 41.0 Å². The molecular weight excluding hydrogens is 1870 g/mol. The van der Waals surface area contributed by atoms with Crippen LogP contribution in [0.3, 0.4) is 0 Å². The van der Waals surface area contributed by atoms with Crippen LogP contribution in [0.15, 0.2) is 72.8 Å². The van der Waals surface area contributed by atoms with Gasteiger partial charge >= 0.3 is 18.0 Å². The Morgan fingerprint density at radius 3 is 1.19 bits per heavy atom. The van der Waals surface area contributed by atoms with Gasteiger partial charge in [0.15, 0.2) is 0 Å². The third kappa shape index (κ3) is 23.4. The molecule has 34 heteroatoms. The molecule has 4 saturated carbocycles. The largest absolute Gasteiger partial charge is 0.540 e. The Balaban J connectivity index is 0.000000193. The Kier molecular flexibility index (Phi) is 33.3. The summed E-state index contributed by atoms with van der Waals surface area (Å²) < 4.78 is 148. The zero-order chi connectivity index (χ0) is 95.6. The number of alkyl carbamates (subject to hydrolysis) is 1. The maximum Gasteiger partial charge on any atom is 0.408 e. The molecular formula is C101H126F6N7O18V3-3. The van der Waals surface area contributed by atoms with E-state index in [1.807, 2.05) is 102 Å². The average Bonchev–Trinajstić information content (AvgIpc) is 1.61. The van der Waals surface area contributed by atoms with Crippen molar-refractivity contribution in [2.45, 2.75) is 296 Å². The molecule has 3 saturated heterocycles. The topological polar surface area (TPSA) is 297 Å². The maximum atomic E-state index is 16.1. The summed E-state index contributed by atoms with van der Waals surface area (Å²) in [6.07, 6.45) is 9.09. The number of methoxy groups -OCH3 is 3. The number of carbonyl (C=O) groups excluding carboxylic acids is 9. The van der Waals surface area contributed by atoms with Crippen LogP contribution in [0.1, 0.15) is 236 Å². The fraction of sp³-hybridized carbons (Fsp3) is 0.644. The summed E-state index contributed by atoms with van der Waals surface area (Å²) in [4.78, 5) is 136. The number of pyridine rings is 3. The zero-order valence-corrected chi connectivity index (χ0v) is 84.2. The number of rotatable bonds is 7. The standard InChI is InChI=1S/C34H42F2N3O6.C34H43F2N2O6.C33H41F2N2O6.3V/c1-18-26(17-40)39-16-28(18)44-30-24(13-19-9-10-21(43-5)15-25(19)37-30)34(35,36)11-7-6-8-22-23-12-20(23)14-27(22)45-32(42)38-29(31(39)41)33(2,3)4;1-7-23-27(19-39)38-18-28(23)43-30-24(14-20-11-12-22(42-6)15-26(20)37-30)34(35,36)13-9-8-10-21-17-33(21,5)44-29(40)16-25(31(38)41)32(2,3)4;1-19-26(18-38)37-17-27(19)42-29-23(13-20-10-11-22(41-6)14-25(20)36-29)33(34,35)12-8-7-9-21-16-32(21,5)43-28(39)15-24(30(37)40)31(2,3)4;;;/h9-10,13,15,18,20,22-23,26-29H,6-8,11-12,14,16H2,1-5H3,(H,38,42);11-12,14-15,21,23,25,27-28H,7-10,13,16-18H2,1-6H3;10-11,13-14,19,21,24,26-27H,7-9,12,15-17H2,1-6H3;;;/q3*-1;;;/t18-,20?,22+,23?,26+,27+,28-,29+;21-,23+,25-,27-,28+,33-;19-,21+,24+,26+,27-,32+;;;/m010.../s1. The van der Waals surface area contributed by atoms with E-state index in [4.69, 9.17) is 42.6 Å². The normalized spacial score (nSPS) is 31.4. The van der Waals surface area contributed by atoms with Gasteiger partial charge < -0.3 is 77.0 Å². The number of esters is 2. The first-order valence-corrected chi connectivity index (χ1v) is 46.7. The molecule has 2 unspecified atom stereocenters. The molecule has 25 nitrogen and oxygen atoms in total. The van der Waals surface area contributed by atoms with Gasteiger partial charge in [-0.1, -0.05) is 127 Å². The van der Waals surface area contributed by atoms with Crippen molar-refractivity contribution in [3.63, 3.8) is 0 Å². The number of alkyl halides is 6. The van der Waals surface area contributed by atoms with Crippen LogP contribution in [0.4, 0.5) is 31.1 Å². The number of hydrogen-bond donors (Lipinski definition) is 1. The van der Waals surface area contributed by atoms with E-state index in [1.165, 1.54) is 54.2 Å². The molecule has 10 aliphatic rings. The van der Waals surface area contributed by atoms with Crippen LogP contribution >= 0.6 is 0 Å². The molecule has 135 heavy (non-hydrogen) atoms. The molecule has 16 rings (SSSR count). The Morgan fingerprint density at radius 2 is 0.822 bits per heavy atom. The monoisotopic (exact) mass is 1990 g/mol. The Labute approximate surface area is 822 Å². The third-order valence-electron chi connectivity index (χ3n) is 29.7. The minimum absolute atomic E-state index is 0. The zero-order valence-electron chi connectivity index (χ0n) is 80.0. The molecule has 3 aromatic carbocycles. The first-order chi connectivity index (χ1) is 62.2. The van der Waals surface area contributed by atoms with E-state index in [9.17, 15) is 43.2 Å². The van der Waals surface area contributed by atoms with Gasteiger partial charge in [0.25, 0.3) is 17.8 Å². The van der Waals surface area contributed by atoms with E-state index in [0.717, 1.165) is 12.8 Å². The first-order valence-electron chi connectivity index (χ1n) is 46.7. The minimum Gasteiger partial charge on any atom is -0.540 e. The van der Waals surface area contributed by atoms with Crippen molar-refractivity contribution in [1.82, 2.24) is 35.0 Å². The second kappa shape index (κ2) is 42.0. The predicted molar refractivity (Wildman–Crippen MR) is 478 cm³/mol. The SMILES string of the molecule is CC[C@@H]1[C@@H]2CN(C(=O)[C@H](C(C)(C)C)CC(=O)O[C@]3(C)C[C@H]3CCCCC(F)(F)c3cc4ccc(OC)cc4nc3O2)[C@@H]1[C-]=O.COc1ccc2cc3c(nc2c1)O[C@H]1CN(C(=O)[C@H](C(C)(C)C)CC(=O)O[C@]2(C)C[C@H]2CCCCC3(F)F)[C@H]([C-]=O)[C@@H]1C.COc1ccc2cc3c(nc2c1)O[C@H]1CN(C(=O)[C@H](C(C)(C)C)NC(=O)O[C@@H]2CC4CC4[C@H]2CCCCC3(F)F)[C@H]([C-]=O)[C@@H]1C.[V].[V].[V]. The second-order valence-corrected chi connectivity index (χ2v) is 42.0. The fourth-order valence-electron chi connectivity index (χ4n) is 21.0. The molecule has 3 radical (unpaired) electrons. The van der Waals surface area contributed by atoms with Crippen LogP contribution in [0, 0.1) is 75.4 Å². The molecule has 9 heterocycles. The van der Waals surface area contributed by atoms with E-state index < -0.39 is 166 Å². The van der Waals surface area contributed by atoms with Gasteiger partial charge in [0.2, 0.25) is 35.4 Å². The van der Waals surface area contributed by atoms with Crippen LogP contribution in [0.25, 0.3) is 32.7 Å². The van der Waals surface area contributed by atoms with Crippen LogP contribution < -0.4 is 33.7 Å². The summed E-state index contributed by atoms with van der Waals surface area (Å²) >= 11 is 0. The predicted octanol–water partition coefficient (Wildman–Crippen LogP) is 18.1. The van der Waals surface area contributed by atoms with Gasteiger partial charge in [-0.05, 0) is 184 Å². The summed E-state index contributed by atoms with van der Waals surface area (Å²) in [5.74, 6) is -13.1. The van der Waals surface area contributed by atoms with E-state index >= 15 is 26.3 Å². The van der Waals surface area contributed by atoms with Gasteiger partial charge in [-0.15, -0.1) is 0 Å². The number of fused-ring (bicyclic) bond motifs is 17.